The SMILES string of the molecule is O=c1onc(-c2ccccc2)n1-c1cccc(N([O-])O)c1. The van der Waals surface area contributed by atoms with E-state index in [0.717, 1.165) is 0 Å². The lowest BCUT2D eigenvalue weighted by atomic mass is 10.2. The first kappa shape index (κ1) is 13.1. The topological polar surface area (TPSA) is 94.6 Å². The lowest BCUT2D eigenvalue weighted by molar-refractivity contribution is 0.296. The van der Waals surface area contributed by atoms with Crippen LogP contribution in [0.25, 0.3) is 17.1 Å². The monoisotopic (exact) mass is 284 g/mol. The Morgan fingerprint density at radius 2 is 1.90 bits per heavy atom. The van der Waals surface area contributed by atoms with Crippen molar-refractivity contribution < 1.29 is 9.73 Å². The summed E-state index contributed by atoms with van der Waals surface area (Å²) in [6.45, 7) is 0. The summed E-state index contributed by atoms with van der Waals surface area (Å²) in [5.74, 6) is -0.366. The summed E-state index contributed by atoms with van der Waals surface area (Å²) in [7, 11) is 0. The first-order valence-electron chi connectivity index (χ1n) is 6.07. The normalized spacial score (nSPS) is 10.6. The third-order valence-electron chi connectivity index (χ3n) is 2.95. The smallest absolute Gasteiger partial charge is 0.446 e. The molecule has 0 spiro atoms. The fourth-order valence-electron chi connectivity index (χ4n) is 2.00. The number of benzene rings is 2. The van der Waals surface area contributed by atoms with E-state index in [1.165, 1.54) is 16.7 Å². The highest BCUT2D eigenvalue weighted by atomic mass is 16.8. The van der Waals surface area contributed by atoms with Crippen LogP contribution in [0.2, 0.25) is 0 Å². The lowest BCUT2D eigenvalue weighted by Crippen LogP contribution is -2.14. The molecular weight excluding hydrogens is 274 g/mol. The van der Waals surface area contributed by atoms with Gasteiger partial charge in [-0.2, -0.15) is 0 Å². The van der Waals surface area contributed by atoms with E-state index in [9.17, 15) is 10.0 Å². The summed E-state index contributed by atoms with van der Waals surface area (Å²) in [5.41, 5.74) is 1.06. The van der Waals surface area contributed by atoms with Crippen LogP contribution in [0.4, 0.5) is 5.69 Å². The molecule has 3 rings (SSSR count). The standard InChI is InChI=1S/C14H10N3O4/c18-14-16(11-7-4-8-12(9-11)17(19)20)13(15-21-14)10-5-2-1-3-6-10/h1-9,19H/q-1. The van der Waals surface area contributed by atoms with Crippen LogP contribution in [-0.4, -0.2) is 14.9 Å². The van der Waals surface area contributed by atoms with Crippen molar-refractivity contribution in [1.29, 1.82) is 0 Å². The number of hydrogen-bond donors (Lipinski definition) is 1. The second kappa shape index (κ2) is 5.23. The summed E-state index contributed by atoms with van der Waals surface area (Å²) >= 11 is 0. The quantitative estimate of drug-likeness (QED) is 0.741. The van der Waals surface area contributed by atoms with Crippen LogP contribution in [0.15, 0.2) is 63.9 Å². The minimum Gasteiger partial charge on any atom is -0.733 e. The minimum absolute atomic E-state index is 0.000360. The van der Waals surface area contributed by atoms with Crippen molar-refractivity contribution in [1.82, 2.24) is 9.72 Å². The molecule has 0 aliphatic carbocycles. The number of rotatable bonds is 3. The highest BCUT2D eigenvalue weighted by Crippen LogP contribution is 2.21. The summed E-state index contributed by atoms with van der Waals surface area (Å²) in [5, 5.41) is 23.4. The van der Waals surface area contributed by atoms with Crippen molar-refractivity contribution in [2.24, 2.45) is 0 Å². The third kappa shape index (κ3) is 2.42. The van der Waals surface area contributed by atoms with Gasteiger partial charge in [-0.3, -0.25) is 9.73 Å². The molecule has 21 heavy (non-hydrogen) atoms. The number of hydrogen-bond acceptors (Lipinski definition) is 6. The second-order valence-electron chi connectivity index (χ2n) is 4.27. The van der Waals surface area contributed by atoms with Crippen molar-refractivity contribution >= 4 is 5.69 Å². The molecule has 0 amide bonds. The average Bonchev–Trinajstić information content (AvgIpc) is 2.90. The summed E-state index contributed by atoms with van der Waals surface area (Å²) < 4.78 is 5.93. The summed E-state index contributed by atoms with van der Waals surface area (Å²) in [6, 6.07) is 14.9. The maximum absolute atomic E-state index is 11.9. The van der Waals surface area contributed by atoms with E-state index in [-0.39, 0.29) is 10.9 Å². The predicted octanol–water partition coefficient (Wildman–Crippen LogP) is 2.19. The van der Waals surface area contributed by atoms with E-state index < -0.39 is 5.76 Å². The van der Waals surface area contributed by atoms with Gasteiger partial charge < -0.3 is 10.4 Å². The van der Waals surface area contributed by atoms with Crippen molar-refractivity contribution in [3.63, 3.8) is 0 Å². The fraction of sp³-hybridized carbons (Fsp3) is 0. The number of anilines is 1. The maximum Gasteiger partial charge on any atom is 0.446 e. The molecule has 0 aliphatic heterocycles. The molecule has 0 aliphatic rings. The van der Waals surface area contributed by atoms with Gasteiger partial charge in [0.25, 0.3) is 0 Å². The van der Waals surface area contributed by atoms with Crippen molar-refractivity contribution in [2.75, 3.05) is 5.23 Å². The molecule has 7 heteroatoms. The lowest BCUT2D eigenvalue weighted by Gasteiger charge is -2.21. The Bertz CT molecular complexity index is 808. The van der Waals surface area contributed by atoms with Crippen LogP contribution < -0.4 is 11.0 Å². The van der Waals surface area contributed by atoms with Crippen LogP contribution in [0.1, 0.15) is 0 Å². The number of aromatic nitrogens is 2. The van der Waals surface area contributed by atoms with E-state index in [1.807, 2.05) is 18.2 Å². The molecular formula is C14H10N3O4-. The van der Waals surface area contributed by atoms with Gasteiger partial charge in [-0.15, -0.1) is 0 Å². The molecule has 0 atom stereocenters. The highest BCUT2D eigenvalue weighted by Gasteiger charge is 2.14. The Hall–Kier alpha value is -2.90. The molecule has 2 aromatic carbocycles. The van der Waals surface area contributed by atoms with Crippen LogP contribution in [0.3, 0.4) is 0 Å². The Balaban J connectivity index is 2.18. The van der Waals surface area contributed by atoms with Gasteiger partial charge in [0.15, 0.2) is 5.82 Å². The van der Waals surface area contributed by atoms with Crippen molar-refractivity contribution in [3.8, 4) is 17.1 Å². The van der Waals surface area contributed by atoms with E-state index in [0.29, 0.717) is 17.1 Å². The average molecular weight is 284 g/mol. The molecule has 0 unspecified atom stereocenters. The van der Waals surface area contributed by atoms with Crippen LogP contribution in [-0.2, 0) is 0 Å². The van der Waals surface area contributed by atoms with Crippen molar-refractivity contribution in [2.45, 2.75) is 0 Å². The highest BCUT2D eigenvalue weighted by molar-refractivity contribution is 5.59. The molecule has 1 aromatic heterocycles. The molecule has 0 fully saturated rings. The van der Waals surface area contributed by atoms with E-state index >= 15 is 0 Å². The van der Waals surface area contributed by atoms with Crippen LogP contribution >= 0.6 is 0 Å². The first-order chi connectivity index (χ1) is 10.2. The number of nitrogens with zero attached hydrogens (tertiary/aromatic N) is 3. The van der Waals surface area contributed by atoms with E-state index in [2.05, 4.69) is 5.16 Å². The molecule has 0 bridgehead atoms. The molecule has 0 saturated carbocycles. The zero-order chi connectivity index (χ0) is 14.8. The molecule has 1 heterocycles. The molecule has 106 valence electrons. The van der Waals surface area contributed by atoms with E-state index in [1.54, 1.807) is 24.3 Å². The van der Waals surface area contributed by atoms with Crippen LogP contribution in [0.5, 0.6) is 0 Å². The summed E-state index contributed by atoms with van der Waals surface area (Å²) in [6.07, 6.45) is 0. The second-order valence-corrected chi connectivity index (χ2v) is 4.27. The van der Waals surface area contributed by atoms with Gasteiger partial charge in [-0.25, -0.2) is 9.36 Å². The van der Waals surface area contributed by atoms with E-state index in [4.69, 9.17) is 9.73 Å². The zero-order valence-electron chi connectivity index (χ0n) is 10.7. The fourth-order valence-corrected chi connectivity index (χ4v) is 2.00. The van der Waals surface area contributed by atoms with Crippen molar-refractivity contribution in [3.05, 3.63) is 70.4 Å². The summed E-state index contributed by atoms with van der Waals surface area (Å²) in [4.78, 5) is 11.9. The van der Waals surface area contributed by atoms with Gasteiger partial charge in [-0.1, -0.05) is 41.6 Å². The van der Waals surface area contributed by atoms with Gasteiger partial charge in [-0.05, 0) is 18.2 Å². The van der Waals surface area contributed by atoms with Crippen LogP contribution in [0, 0.1) is 5.21 Å². The first-order valence-corrected chi connectivity index (χ1v) is 6.07. The Morgan fingerprint density at radius 3 is 2.62 bits per heavy atom. The van der Waals surface area contributed by atoms with Gasteiger partial charge in [0.2, 0.25) is 0 Å². The zero-order valence-corrected chi connectivity index (χ0v) is 10.7. The van der Waals surface area contributed by atoms with Gasteiger partial charge in [0, 0.05) is 5.56 Å². The van der Waals surface area contributed by atoms with Gasteiger partial charge in [0.05, 0.1) is 11.4 Å². The van der Waals surface area contributed by atoms with Gasteiger partial charge in [0.1, 0.15) is 0 Å². The Labute approximate surface area is 118 Å². The molecule has 3 aromatic rings. The maximum atomic E-state index is 11.9. The minimum atomic E-state index is -0.679. The Kier molecular flexibility index (Phi) is 3.27. The molecule has 1 N–H and O–H groups in total. The third-order valence-corrected chi connectivity index (χ3v) is 2.95. The van der Waals surface area contributed by atoms with Gasteiger partial charge >= 0.3 is 5.76 Å². The molecule has 0 radical (unpaired) electrons. The molecule has 0 saturated heterocycles. The Morgan fingerprint density at radius 1 is 1.14 bits per heavy atom. The largest absolute Gasteiger partial charge is 0.733 e. The molecule has 7 nitrogen and oxygen atoms in total. The predicted molar refractivity (Wildman–Crippen MR) is 75.2 cm³/mol.